The van der Waals surface area contributed by atoms with E-state index in [2.05, 4.69) is 20.2 Å². The summed E-state index contributed by atoms with van der Waals surface area (Å²) >= 11 is 0.795. The monoisotopic (exact) mass is 388 g/mol. The number of rotatable bonds is 6. The van der Waals surface area contributed by atoms with Crippen LogP contribution in [0.1, 0.15) is 28.9 Å². The predicted octanol–water partition coefficient (Wildman–Crippen LogP) is 2.83. The molecule has 26 heavy (non-hydrogen) atoms. The van der Waals surface area contributed by atoms with Crippen LogP contribution in [-0.2, 0) is 10.0 Å². The first-order valence-corrected chi connectivity index (χ1v) is 10.0. The average Bonchev–Trinajstić information content (AvgIpc) is 3.12. The highest BCUT2D eigenvalue weighted by molar-refractivity contribution is 7.91. The van der Waals surface area contributed by atoms with E-state index in [-0.39, 0.29) is 15.4 Å². The number of nitrogens with one attached hydrogen (secondary N) is 2. The first-order valence-electron chi connectivity index (χ1n) is 7.73. The van der Waals surface area contributed by atoms with Gasteiger partial charge in [0.15, 0.2) is 0 Å². The van der Waals surface area contributed by atoms with Gasteiger partial charge in [-0.2, -0.15) is 0 Å². The molecule has 1 atom stereocenters. The molecule has 2 N–H and O–H groups in total. The van der Waals surface area contributed by atoms with Crippen LogP contribution in [0.4, 0.5) is 5.13 Å². The molecule has 7 nitrogen and oxygen atoms in total. The number of benzene rings is 2. The molecule has 0 unspecified atom stereocenters. The zero-order chi connectivity index (χ0) is 18.6. The summed E-state index contributed by atoms with van der Waals surface area (Å²) in [5.74, 6) is -0.378. The van der Waals surface area contributed by atoms with Gasteiger partial charge < -0.3 is 0 Å². The van der Waals surface area contributed by atoms with Crippen LogP contribution < -0.4 is 10.0 Å². The lowest BCUT2D eigenvalue weighted by Crippen LogP contribution is -2.26. The van der Waals surface area contributed by atoms with Crippen LogP contribution in [0, 0.1) is 0 Å². The number of anilines is 1. The maximum atomic E-state index is 12.5. The predicted molar refractivity (Wildman–Crippen MR) is 99.5 cm³/mol. The third-order valence-electron chi connectivity index (χ3n) is 3.52. The molecule has 1 amide bonds. The summed E-state index contributed by atoms with van der Waals surface area (Å²) < 4.78 is 27.3. The van der Waals surface area contributed by atoms with E-state index in [1.807, 2.05) is 30.3 Å². The van der Waals surface area contributed by atoms with Crippen molar-refractivity contribution in [2.45, 2.75) is 17.3 Å². The third-order valence-corrected chi connectivity index (χ3v) is 6.27. The van der Waals surface area contributed by atoms with Crippen molar-refractivity contribution in [1.82, 2.24) is 14.9 Å². The molecule has 0 saturated carbocycles. The number of amides is 1. The number of hydrogen-bond donors (Lipinski definition) is 2. The standard InChI is InChI=1S/C17H16N4O3S2/c1-12(13-8-4-2-5-9-13)21-26(23,24)17-20-19-16(25-17)18-15(22)14-10-6-3-7-11-14/h2-12,21H,1H3,(H,18,19,22)/t12-/m0/s1. The maximum Gasteiger partial charge on any atom is 0.270 e. The highest BCUT2D eigenvalue weighted by Crippen LogP contribution is 2.22. The molecule has 0 saturated heterocycles. The van der Waals surface area contributed by atoms with Crippen molar-refractivity contribution >= 4 is 32.4 Å². The number of aromatic nitrogens is 2. The number of sulfonamides is 1. The number of carbonyl (C=O) groups excluding carboxylic acids is 1. The van der Waals surface area contributed by atoms with Gasteiger partial charge in [-0.25, -0.2) is 13.1 Å². The minimum absolute atomic E-state index is 0.117. The van der Waals surface area contributed by atoms with Crippen molar-refractivity contribution in [2.75, 3.05) is 5.32 Å². The smallest absolute Gasteiger partial charge is 0.270 e. The lowest BCUT2D eigenvalue weighted by atomic mass is 10.1. The molecule has 2 aromatic carbocycles. The van der Waals surface area contributed by atoms with Gasteiger partial charge in [-0.15, -0.1) is 10.2 Å². The van der Waals surface area contributed by atoms with E-state index >= 15 is 0 Å². The van der Waals surface area contributed by atoms with Crippen LogP contribution in [0.2, 0.25) is 0 Å². The summed E-state index contributed by atoms with van der Waals surface area (Å²) in [5.41, 5.74) is 1.28. The van der Waals surface area contributed by atoms with Gasteiger partial charge in [0.1, 0.15) is 0 Å². The molecule has 3 aromatic rings. The van der Waals surface area contributed by atoms with E-state index < -0.39 is 16.1 Å². The molecule has 0 bridgehead atoms. The van der Waals surface area contributed by atoms with Gasteiger partial charge >= 0.3 is 0 Å². The summed E-state index contributed by atoms with van der Waals surface area (Å²) in [6.07, 6.45) is 0. The Bertz CT molecular complexity index is 989. The lowest BCUT2D eigenvalue weighted by Gasteiger charge is -2.12. The minimum Gasteiger partial charge on any atom is -0.296 e. The molecular weight excluding hydrogens is 372 g/mol. The minimum atomic E-state index is -3.84. The van der Waals surface area contributed by atoms with E-state index in [1.54, 1.807) is 37.3 Å². The van der Waals surface area contributed by atoms with Crippen LogP contribution in [0.5, 0.6) is 0 Å². The van der Waals surface area contributed by atoms with Gasteiger partial charge in [0.25, 0.3) is 15.9 Å². The van der Waals surface area contributed by atoms with Crippen molar-refractivity contribution in [1.29, 1.82) is 0 Å². The highest BCUT2D eigenvalue weighted by atomic mass is 32.2. The Balaban J connectivity index is 1.71. The van der Waals surface area contributed by atoms with E-state index in [9.17, 15) is 13.2 Å². The number of carbonyl (C=O) groups is 1. The topological polar surface area (TPSA) is 101 Å². The molecule has 0 fully saturated rings. The summed E-state index contributed by atoms with van der Waals surface area (Å²) in [6, 6.07) is 17.3. The molecule has 134 valence electrons. The lowest BCUT2D eigenvalue weighted by molar-refractivity contribution is 0.102. The molecule has 0 aliphatic carbocycles. The van der Waals surface area contributed by atoms with E-state index in [0.717, 1.165) is 16.9 Å². The number of hydrogen-bond acceptors (Lipinski definition) is 6. The Morgan fingerprint density at radius 2 is 1.62 bits per heavy atom. The first-order chi connectivity index (χ1) is 12.5. The van der Waals surface area contributed by atoms with Crippen molar-refractivity contribution in [3.8, 4) is 0 Å². The molecule has 0 radical (unpaired) electrons. The van der Waals surface area contributed by atoms with Gasteiger partial charge in [0.05, 0.1) is 0 Å². The van der Waals surface area contributed by atoms with Crippen LogP contribution in [0.25, 0.3) is 0 Å². The van der Waals surface area contributed by atoms with Crippen LogP contribution in [-0.4, -0.2) is 24.5 Å². The highest BCUT2D eigenvalue weighted by Gasteiger charge is 2.23. The summed E-state index contributed by atoms with van der Waals surface area (Å²) in [7, 11) is -3.84. The fraction of sp³-hybridized carbons (Fsp3) is 0.118. The Morgan fingerprint density at radius 1 is 1.00 bits per heavy atom. The van der Waals surface area contributed by atoms with Crippen molar-refractivity contribution in [3.05, 3.63) is 71.8 Å². The zero-order valence-corrected chi connectivity index (χ0v) is 15.4. The second-order valence-electron chi connectivity index (χ2n) is 5.45. The normalized spacial score (nSPS) is 12.5. The SMILES string of the molecule is C[C@H](NS(=O)(=O)c1nnc(NC(=O)c2ccccc2)s1)c1ccccc1. The molecule has 0 aliphatic heterocycles. The third kappa shape index (κ3) is 4.31. The average molecular weight is 388 g/mol. The van der Waals surface area contributed by atoms with Crippen LogP contribution in [0.15, 0.2) is 65.0 Å². The molecule has 0 spiro atoms. The van der Waals surface area contributed by atoms with Crippen LogP contribution in [0.3, 0.4) is 0 Å². The van der Waals surface area contributed by atoms with Crippen molar-refractivity contribution < 1.29 is 13.2 Å². The van der Waals surface area contributed by atoms with Gasteiger partial charge in [0, 0.05) is 11.6 Å². The van der Waals surface area contributed by atoms with Crippen LogP contribution >= 0.6 is 11.3 Å². The molecule has 1 aromatic heterocycles. The fourth-order valence-corrected chi connectivity index (χ4v) is 4.36. The zero-order valence-electron chi connectivity index (χ0n) is 13.8. The Kier molecular flexibility index (Phi) is 5.40. The van der Waals surface area contributed by atoms with Gasteiger partial charge in [-0.1, -0.05) is 59.9 Å². The van der Waals surface area contributed by atoms with Crippen molar-refractivity contribution in [2.24, 2.45) is 0 Å². The first kappa shape index (κ1) is 18.2. The fourth-order valence-electron chi connectivity index (χ4n) is 2.22. The summed E-state index contributed by atoms with van der Waals surface area (Å²) in [5, 5.41) is 10.1. The second kappa shape index (κ2) is 7.73. The van der Waals surface area contributed by atoms with Gasteiger partial charge in [-0.3, -0.25) is 10.1 Å². The summed E-state index contributed by atoms with van der Waals surface area (Å²) in [6.45, 7) is 1.74. The van der Waals surface area contributed by atoms with Crippen molar-refractivity contribution in [3.63, 3.8) is 0 Å². The van der Waals surface area contributed by atoms with Gasteiger partial charge in [0.2, 0.25) is 9.47 Å². The van der Waals surface area contributed by atoms with E-state index in [1.165, 1.54) is 0 Å². The molecule has 3 rings (SSSR count). The molecule has 9 heteroatoms. The van der Waals surface area contributed by atoms with E-state index in [0.29, 0.717) is 5.56 Å². The maximum absolute atomic E-state index is 12.5. The molecular formula is C17H16N4O3S2. The second-order valence-corrected chi connectivity index (χ2v) is 8.31. The Labute approximate surface area is 155 Å². The molecule has 1 heterocycles. The Hall–Kier alpha value is -2.62. The number of nitrogens with zero attached hydrogens (tertiary/aromatic N) is 2. The summed E-state index contributed by atoms with van der Waals surface area (Å²) in [4.78, 5) is 12.1. The molecule has 0 aliphatic rings. The van der Waals surface area contributed by atoms with Gasteiger partial charge in [-0.05, 0) is 24.6 Å². The van der Waals surface area contributed by atoms with E-state index in [4.69, 9.17) is 0 Å². The largest absolute Gasteiger partial charge is 0.296 e. The Morgan fingerprint density at radius 3 is 2.27 bits per heavy atom. The quantitative estimate of drug-likeness (QED) is 0.632.